The Morgan fingerprint density at radius 3 is 3.27 bits per heavy atom. The van der Waals surface area contributed by atoms with Crippen molar-refractivity contribution in [1.29, 1.82) is 0 Å². The number of anilines is 1. The largest absolute Gasteiger partial charge is 0.310 e. The molecule has 1 amide bonds. The molecular weight excluding hydrogens is 182 g/mol. The van der Waals surface area contributed by atoms with Crippen molar-refractivity contribution in [2.75, 3.05) is 11.1 Å². The molecule has 0 bridgehead atoms. The van der Waals surface area contributed by atoms with Crippen LogP contribution in [0, 0.1) is 0 Å². The predicted molar refractivity (Wildman–Crippen MR) is 46.0 cm³/mol. The highest BCUT2D eigenvalue weighted by molar-refractivity contribution is 8.01. The van der Waals surface area contributed by atoms with Crippen LogP contribution < -0.4 is 5.32 Å². The fourth-order valence-electron chi connectivity index (χ4n) is 0.552. The first-order valence-corrected chi connectivity index (χ1v) is 4.79. The van der Waals surface area contributed by atoms with Gasteiger partial charge < -0.3 is 5.32 Å². The highest BCUT2D eigenvalue weighted by atomic mass is 32.2. The molecule has 0 spiro atoms. The molecule has 1 heterocycles. The average molecular weight is 189 g/mol. The van der Waals surface area contributed by atoms with Gasteiger partial charge in [-0.25, -0.2) is 0 Å². The SMILES string of the molecule is CCSc1snnc1NC=O. The number of nitrogens with zero attached hydrogens (tertiary/aromatic N) is 2. The summed E-state index contributed by atoms with van der Waals surface area (Å²) in [4.78, 5) is 10.0. The van der Waals surface area contributed by atoms with Crippen LogP contribution in [0.3, 0.4) is 0 Å². The van der Waals surface area contributed by atoms with Crippen molar-refractivity contribution in [1.82, 2.24) is 9.59 Å². The van der Waals surface area contributed by atoms with Gasteiger partial charge in [0.2, 0.25) is 6.41 Å². The van der Waals surface area contributed by atoms with Gasteiger partial charge in [0.25, 0.3) is 0 Å². The lowest BCUT2D eigenvalue weighted by Gasteiger charge is -1.93. The van der Waals surface area contributed by atoms with Crippen LogP contribution in [0.4, 0.5) is 5.82 Å². The monoisotopic (exact) mass is 189 g/mol. The Bertz CT molecular complexity index is 237. The van der Waals surface area contributed by atoms with Gasteiger partial charge in [0.15, 0.2) is 5.82 Å². The summed E-state index contributed by atoms with van der Waals surface area (Å²) >= 11 is 2.92. The van der Waals surface area contributed by atoms with E-state index in [0.717, 1.165) is 9.96 Å². The Morgan fingerprint density at radius 1 is 1.82 bits per heavy atom. The van der Waals surface area contributed by atoms with Crippen molar-refractivity contribution >= 4 is 35.5 Å². The molecule has 0 aliphatic carbocycles. The van der Waals surface area contributed by atoms with Gasteiger partial charge in [-0.05, 0) is 17.3 Å². The van der Waals surface area contributed by atoms with Crippen LogP contribution >= 0.6 is 23.3 Å². The van der Waals surface area contributed by atoms with E-state index >= 15 is 0 Å². The van der Waals surface area contributed by atoms with Gasteiger partial charge in [0.1, 0.15) is 4.21 Å². The third kappa shape index (κ3) is 2.16. The van der Waals surface area contributed by atoms with E-state index in [0.29, 0.717) is 12.2 Å². The molecule has 0 unspecified atom stereocenters. The molecule has 60 valence electrons. The Hall–Kier alpha value is -0.620. The van der Waals surface area contributed by atoms with E-state index in [1.807, 2.05) is 6.92 Å². The van der Waals surface area contributed by atoms with Crippen LogP contribution in [0.5, 0.6) is 0 Å². The van der Waals surface area contributed by atoms with Crippen LogP contribution in [0.2, 0.25) is 0 Å². The lowest BCUT2D eigenvalue weighted by Crippen LogP contribution is -1.94. The van der Waals surface area contributed by atoms with Gasteiger partial charge in [-0.2, -0.15) is 0 Å². The van der Waals surface area contributed by atoms with Gasteiger partial charge in [0.05, 0.1) is 0 Å². The van der Waals surface area contributed by atoms with Crippen LogP contribution in [0.15, 0.2) is 4.21 Å². The third-order valence-corrected chi connectivity index (χ3v) is 2.77. The summed E-state index contributed by atoms with van der Waals surface area (Å²) < 4.78 is 4.67. The molecule has 1 N–H and O–H groups in total. The zero-order valence-electron chi connectivity index (χ0n) is 5.90. The van der Waals surface area contributed by atoms with E-state index in [1.54, 1.807) is 11.8 Å². The van der Waals surface area contributed by atoms with E-state index in [1.165, 1.54) is 11.5 Å². The molecule has 0 aliphatic heterocycles. The van der Waals surface area contributed by atoms with Crippen molar-refractivity contribution in [2.45, 2.75) is 11.1 Å². The maximum atomic E-state index is 10.0. The minimum Gasteiger partial charge on any atom is -0.310 e. The van der Waals surface area contributed by atoms with Crippen LogP contribution in [-0.2, 0) is 4.79 Å². The number of rotatable bonds is 4. The number of carbonyl (C=O) groups excluding carboxylic acids is 1. The van der Waals surface area contributed by atoms with E-state index in [2.05, 4.69) is 14.9 Å². The number of aromatic nitrogens is 2. The topological polar surface area (TPSA) is 54.9 Å². The summed E-state index contributed by atoms with van der Waals surface area (Å²) in [5.41, 5.74) is 0. The van der Waals surface area contributed by atoms with E-state index in [9.17, 15) is 4.79 Å². The van der Waals surface area contributed by atoms with Gasteiger partial charge in [-0.3, -0.25) is 4.79 Å². The molecule has 11 heavy (non-hydrogen) atoms. The summed E-state index contributed by atoms with van der Waals surface area (Å²) in [6, 6.07) is 0. The quantitative estimate of drug-likeness (QED) is 0.571. The molecule has 0 atom stereocenters. The average Bonchev–Trinajstić information content (AvgIpc) is 2.39. The summed E-state index contributed by atoms with van der Waals surface area (Å²) in [6.45, 7) is 2.04. The first-order chi connectivity index (χ1) is 5.38. The van der Waals surface area contributed by atoms with Gasteiger partial charge in [-0.15, -0.1) is 16.9 Å². The smallest absolute Gasteiger partial charge is 0.212 e. The fraction of sp³-hybridized carbons (Fsp3) is 0.400. The predicted octanol–water partition coefficient (Wildman–Crippen LogP) is 1.22. The molecule has 0 aliphatic rings. The molecule has 6 heteroatoms. The number of thioether (sulfide) groups is 1. The number of amides is 1. The number of carbonyl (C=O) groups is 1. The first kappa shape index (κ1) is 8.48. The lowest BCUT2D eigenvalue weighted by molar-refractivity contribution is -0.105. The van der Waals surface area contributed by atoms with Crippen LogP contribution in [0.1, 0.15) is 6.92 Å². The maximum Gasteiger partial charge on any atom is 0.212 e. The second kappa shape index (κ2) is 4.30. The minimum absolute atomic E-state index is 0.567. The zero-order chi connectivity index (χ0) is 8.10. The molecule has 0 radical (unpaired) electrons. The van der Waals surface area contributed by atoms with Crippen LogP contribution in [0.25, 0.3) is 0 Å². The molecule has 1 aromatic rings. The van der Waals surface area contributed by atoms with Crippen molar-refractivity contribution in [2.24, 2.45) is 0 Å². The molecule has 0 saturated carbocycles. The molecular formula is C5H7N3OS2. The highest BCUT2D eigenvalue weighted by Gasteiger charge is 2.05. The van der Waals surface area contributed by atoms with Crippen molar-refractivity contribution in [3.8, 4) is 0 Å². The molecule has 1 rings (SSSR count). The van der Waals surface area contributed by atoms with E-state index < -0.39 is 0 Å². The normalized spacial score (nSPS) is 9.55. The van der Waals surface area contributed by atoms with Gasteiger partial charge in [0, 0.05) is 0 Å². The van der Waals surface area contributed by atoms with Crippen molar-refractivity contribution in [3.05, 3.63) is 0 Å². The minimum atomic E-state index is 0.567. The Balaban J connectivity index is 2.69. The number of nitrogens with one attached hydrogen (secondary N) is 1. The first-order valence-electron chi connectivity index (χ1n) is 3.03. The van der Waals surface area contributed by atoms with Crippen molar-refractivity contribution < 1.29 is 4.79 Å². The van der Waals surface area contributed by atoms with E-state index in [4.69, 9.17) is 0 Å². The second-order valence-corrected chi connectivity index (χ2v) is 3.89. The van der Waals surface area contributed by atoms with Gasteiger partial charge >= 0.3 is 0 Å². The molecule has 0 aromatic carbocycles. The maximum absolute atomic E-state index is 10.0. The Kier molecular flexibility index (Phi) is 3.31. The Labute approximate surface area is 72.5 Å². The molecule has 0 fully saturated rings. The Morgan fingerprint density at radius 2 is 2.64 bits per heavy atom. The third-order valence-electron chi connectivity index (χ3n) is 0.929. The zero-order valence-corrected chi connectivity index (χ0v) is 7.54. The summed E-state index contributed by atoms with van der Waals surface area (Å²) in [5, 5.41) is 6.21. The van der Waals surface area contributed by atoms with Crippen molar-refractivity contribution in [3.63, 3.8) is 0 Å². The summed E-state index contributed by atoms with van der Waals surface area (Å²) in [6.07, 6.45) is 0.608. The molecule has 1 aromatic heterocycles. The molecule has 0 saturated heterocycles. The standard InChI is InChI=1S/C5H7N3OS2/c1-2-10-5-4(6-3-9)7-8-11-5/h3H,2H2,1H3,(H,6,9). The lowest BCUT2D eigenvalue weighted by atomic mass is 10.8. The fourth-order valence-corrected chi connectivity index (χ4v) is 2.10. The summed E-state index contributed by atoms with van der Waals surface area (Å²) in [7, 11) is 0. The second-order valence-electron chi connectivity index (χ2n) is 1.60. The van der Waals surface area contributed by atoms with E-state index in [-0.39, 0.29) is 0 Å². The molecule has 4 nitrogen and oxygen atoms in total. The summed E-state index contributed by atoms with van der Waals surface area (Å²) in [5.74, 6) is 1.52. The number of hydrogen-bond acceptors (Lipinski definition) is 5. The van der Waals surface area contributed by atoms with Gasteiger partial charge in [-0.1, -0.05) is 11.4 Å². The van der Waals surface area contributed by atoms with Crippen LogP contribution in [-0.4, -0.2) is 21.7 Å². The highest BCUT2D eigenvalue weighted by Crippen LogP contribution is 2.27. The number of hydrogen-bond donors (Lipinski definition) is 1.